The molecule has 0 spiro atoms. The molecule has 0 radical (unpaired) electrons. The summed E-state index contributed by atoms with van der Waals surface area (Å²) in [6, 6.07) is 14.2. The number of nitrogens with zero attached hydrogens (tertiary/aromatic N) is 3. The van der Waals surface area contributed by atoms with Crippen molar-refractivity contribution in [1.29, 1.82) is 5.26 Å². The van der Waals surface area contributed by atoms with Gasteiger partial charge in [0.2, 0.25) is 0 Å². The summed E-state index contributed by atoms with van der Waals surface area (Å²) in [5, 5.41) is 9.36. The topological polar surface area (TPSA) is 50.3 Å². The van der Waals surface area contributed by atoms with E-state index in [0.29, 0.717) is 0 Å². The Morgan fingerprint density at radius 3 is 2.77 bits per heavy atom. The molecule has 3 aromatic rings. The van der Waals surface area contributed by atoms with Gasteiger partial charge in [0.25, 0.3) is 0 Å². The molecule has 3 rings (SSSR count). The van der Waals surface area contributed by atoms with Gasteiger partial charge in [-0.05, 0) is 49.7 Å². The van der Waals surface area contributed by atoms with E-state index in [9.17, 15) is 5.26 Å². The van der Waals surface area contributed by atoms with Crippen LogP contribution in [-0.4, -0.2) is 16.5 Å². The second kappa shape index (κ2) is 5.53. The molecule has 0 aliphatic heterocycles. The summed E-state index contributed by atoms with van der Waals surface area (Å²) in [6.45, 7) is 3.90. The highest BCUT2D eigenvalue weighted by atomic mass is 16.5. The number of nitriles is 1. The Morgan fingerprint density at radius 2 is 2.09 bits per heavy atom. The largest absolute Gasteiger partial charge is 0.496 e. The lowest BCUT2D eigenvalue weighted by Crippen LogP contribution is -1.98. The number of benzene rings is 1. The predicted molar refractivity (Wildman–Crippen MR) is 85.9 cm³/mol. The van der Waals surface area contributed by atoms with Gasteiger partial charge in [0, 0.05) is 11.8 Å². The Bertz CT molecular complexity index is 874. The number of imidazole rings is 1. The van der Waals surface area contributed by atoms with Crippen molar-refractivity contribution in [3.8, 4) is 23.1 Å². The van der Waals surface area contributed by atoms with Gasteiger partial charge in [-0.15, -0.1) is 0 Å². The SMILES string of the molecule is COc1ccc(-c2nc3ccccn3c2C(C)C#N)cc1C. The van der Waals surface area contributed by atoms with Gasteiger partial charge in [0.15, 0.2) is 0 Å². The van der Waals surface area contributed by atoms with Crippen LogP contribution in [0.2, 0.25) is 0 Å². The van der Waals surface area contributed by atoms with Crippen LogP contribution in [0.5, 0.6) is 5.75 Å². The lowest BCUT2D eigenvalue weighted by Gasteiger charge is -2.09. The first-order valence-corrected chi connectivity index (χ1v) is 7.17. The molecule has 4 heteroatoms. The van der Waals surface area contributed by atoms with E-state index in [1.807, 2.05) is 60.8 Å². The number of fused-ring (bicyclic) bond motifs is 1. The van der Waals surface area contributed by atoms with Crippen LogP contribution in [-0.2, 0) is 0 Å². The molecule has 2 heterocycles. The Balaban J connectivity index is 2.26. The number of hydrogen-bond donors (Lipinski definition) is 0. The number of hydrogen-bond acceptors (Lipinski definition) is 3. The zero-order valence-corrected chi connectivity index (χ0v) is 12.9. The predicted octanol–water partition coefficient (Wildman–Crippen LogP) is 3.95. The molecule has 110 valence electrons. The van der Waals surface area contributed by atoms with Crippen molar-refractivity contribution >= 4 is 5.65 Å². The highest BCUT2D eigenvalue weighted by Gasteiger charge is 2.19. The van der Waals surface area contributed by atoms with E-state index in [2.05, 4.69) is 6.07 Å². The van der Waals surface area contributed by atoms with Crippen LogP contribution in [0.1, 0.15) is 24.1 Å². The molecule has 0 aliphatic rings. The maximum Gasteiger partial charge on any atom is 0.137 e. The standard InChI is InChI=1S/C18H17N3O/c1-12-10-14(7-8-15(12)22-3)17-18(13(2)11-19)21-9-5-4-6-16(21)20-17/h4-10,13H,1-3H3. The quantitative estimate of drug-likeness (QED) is 0.734. The van der Waals surface area contributed by atoms with Gasteiger partial charge in [-0.1, -0.05) is 6.07 Å². The summed E-state index contributed by atoms with van der Waals surface area (Å²) in [5.74, 6) is 0.609. The first-order chi connectivity index (χ1) is 10.7. The van der Waals surface area contributed by atoms with Gasteiger partial charge in [0.1, 0.15) is 11.4 Å². The molecular formula is C18H17N3O. The molecule has 0 saturated carbocycles. The normalized spacial score (nSPS) is 12.1. The van der Waals surface area contributed by atoms with Crippen LogP contribution >= 0.6 is 0 Å². The molecule has 0 saturated heterocycles. The molecule has 0 fully saturated rings. The summed E-state index contributed by atoms with van der Waals surface area (Å²) in [6.07, 6.45) is 1.95. The molecule has 0 bridgehead atoms. The van der Waals surface area contributed by atoms with Crippen molar-refractivity contribution in [3.63, 3.8) is 0 Å². The van der Waals surface area contributed by atoms with Crippen molar-refractivity contribution in [2.75, 3.05) is 7.11 Å². The van der Waals surface area contributed by atoms with Crippen molar-refractivity contribution in [1.82, 2.24) is 9.38 Å². The average Bonchev–Trinajstić information content (AvgIpc) is 2.93. The first-order valence-electron chi connectivity index (χ1n) is 7.17. The molecule has 0 N–H and O–H groups in total. The summed E-state index contributed by atoms with van der Waals surface area (Å²) >= 11 is 0. The van der Waals surface area contributed by atoms with Crippen molar-refractivity contribution < 1.29 is 4.74 Å². The summed E-state index contributed by atoms with van der Waals surface area (Å²) in [4.78, 5) is 4.72. The molecule has 0 aliphatic carbocycles. The van der Waals surface area contributed by atoms with Crippen LogP contribution in [0, 0.1) is 18.3 Å². The second-order valence-electron chi connectivity index (χ2n) is 5.31. The number of aryl methyl sites for hydroxylation is 1. The molecule has 4 nitrogen and oxygen atoms in total. The van der Waals surface area contributed by atoms with Crippen molar-refractivity contribution in [3.05, 3.63) is 53.9 Å². The van der Waals surface area contributed by atoms with Gasteiger partial charge >= 0.3 is 0 Å². The Morgan fingerprint density at radius 1 is 1.27 bits per heavy atom. The molecule has 1 unspecified atom stereocenters. The fraction of sp³-hybridized carbons (Fsp3) is 0.222. The molecule has 1 aromatic carbocycles. The summed E-state index contributed by atoms with van der Waals surface area (Å²) in [7, 11) is 1.66. The monoisotopic (exact) mass is 291 g/mol. The maximum absolute atomic E-state index is 9.36. The van der Waals surface area contributed by atoms with Crippen LogP contribution in [0.15, 0.2) is 42.6 Å². The first kappa shape index (κ1) is 14.2. The van der Waals surface area contributed by atoms with Crippen molar-refractivity contribution in [2.24, 2.45) is 0 Å². The van der Waals surface area contributed by atoms with Crippen molar-refractivity contribution in [2.45, 2.75) is 19.8 Å². The van der Waals surface area contributed by atoms with E-state index in [1.54, 1.807) is 7.11 Å². The van der Waals surface area contributed by atoms with E-state index in [4.69, 9.17) is 9.72 Å². The third-order valence-corrected chi connectivity index (χ3v) is 3.84. The van der Waals surface area contributed by atoms with E-state index < -0.39 is 0 Å². The van der Waals surface area contributed by atoms with E-state index in [1.165, 1.54) is 0 Å². The summed E-state index contributed by atoms with van der Waals surface area (Å²) < 4.78 is 7.30. The minimum Gasteiger partial charge on any atom is -0.496 e. The highest BCUT2D eigenvalue weighted by molar-refractivity contribution is 5.69. The fourth-order valence-corrected chi connectivity index (χ4v) is 2.73. The van der Waals surface area contributed by atoms with E-state index in [-0.39, 0.29) is 5.92 Å². The molecule has 1 atom stereocenters. The number of rotatable bonds is 3. The van der Waals surface area contributed by atoms with Crippen LogP contribution in [0.25, 0.3) is 16.9 Å². The number of ether oxygens (including phenoxy) is 1. The molecular weight excluding hydrogens is 274 g/mol. The number of methoxy groups -OCH3 is 1. The molecule has 22 heavy (non-hydrogen) atoms. The Hall–Kier alpha value is -2.80. The lowest BCUT2D eigenvalue weighted by molar-refractivity contribution is 0.412. The summed E-state index contributed by atoms with van der Waals surface area (Å²) in [5.41, 5.74) is 4.67. The highest BCUT2D eigenvalue weighted by Crippen LogP contribution is 2.32. The Labute approximate surface area is 129 Å². The van der Waals surface area contributed by atoms with Crippen LogP contribution in [0.3, 0.4) is 0 Å². The molecule has 2 aromatic heterocycles. The number of aromatic nitrogens is 2. The van der Waals surface area contributed by atoms with Gasteiger partial charge < -0.3 is 9.14 Å². The third kappa shape index (κ3) is 2.21. The minimum absolute atomic E-state index is 0.241. The molecule has 0 amide bonds. The lowest BCUT2D eigenvalue weighted by atomic mass is 10.0. The second-order valence-corrected chi connectivity index (χ2v) is 5.31. The zero-order chi connectivity index (χ0) is 15.7. The minimum atomic E-state index is -0.241. The third-order valence-electron chi connectivity index (χ3n) is 3.84. The number of pyridine rings is 1. The average molecular weight is 291 g/mol. The smallest absolute Gasteiger partial charge is 0.137 e. The fourth-order valence-electron chi connectivity index (χ4n) is 2.73. The van der Waals surface area contributed by atoms with Crippen LogP contribution < -0.4 is 4.74 Å². The Kier molecular flexibility index (Phi) is 3.56. The van der Waals surface area contributed by atoms with Gasteiger partial charge in [0.05, 0.1) is 30.5 Å². The van der Waals surface area contributed by atoms with E-state index >= 15 is 0 Å². The van der Waals surface area contributed by atoms with Crippen LogP contribution in [0.4, 0.5) is 0 Å². The van der Waals surface area contributed by atoms with Gasteiger partial charge in [-0.2, -0.15) is 5.26 Å². The maximum atomic E-state index is 9.36. The zero-order valence-electron chi connectivity index (χ0n) is 12.9. The van der Waals surface area contributed by atoms with E-state index in [0.717, 1.165) is 33.9 Å². The van der Waals surface area contributed by atoms with Gasteiger partial charge in [-0.25, -0.2) is 4.98 Å². The van der Waals surface area contributed by atoms with Gasteiger partial charge in [-0.3, -0.25) is 0 Å².